The van der Waals surface area contributed by atoms with Crippen LogP contribution in [-0.2, 0) is 16.0 Å². The molecule has 2 aliphatic heterocycles. The molecule has 2 N–H and O–H groups in total. The summed E-state index contributed by atoms with van der Waals surface area (Å²) in [7, 11) is 0. The van der Waals surface area contributed by atoms with Crippen molar-refractivity contribution in [1.82, 2.24) is 4.90 Å². The molecule has 1 saturated heterocycles. The molecule has 1 amide bonds. The number of ether oxygens (including phenoxy) is 1. The van der Waals surface area contributed by atoms with Crippen molar-refractivity contribution in [2.75, 3.05) is 13.2 Å². The van der Waals surface area contributed by atoms with E-state index in [1.54, 1.807) is 4.90 Å². The summed E-state index contributed by atoms with van der Waals surface area (Å²) >= 11 is 0. The first-order valence-corrected chi connectivity index (χ1v) is 9.25. The Morgan fingerprint density at radius 2 is 1.93 bits per heavy atom. The zero-order valence-corrected chi connectivity index (χ0v) is 14.9. The SMILES string of the molecule is N[C@H]1CC[C@H](C(=O)N2CCc3ccccc3[C@@H]2c2ccc(F)cc2F)OC1. The van der Waals surface area contributed by atoms with Gasteiger partial charge in [-0.25, -0.2) is 8.78 Å². The van der Waals surface area contributed by atoms with E-state index in [2.05, 4.69) is 0 Å². The molecular weight excluding hydrogens is 350 g/mol. The maximum atomic E-state index is 14.6. The molecule has 0 unspecified atom stereocenters. The molecule has 2 heterocycles. The molecule has 2 aromatic carbocycles. The molecule has 3 atom stereocenters. The zero-order chi connectivity index (χ0) is 19.0. The average molecular weight is 372 g/mol. The van der Waals surface area contributed by atoms with Gasteiger partial charge >= 0.3 is 0 Å². The Labute approximate surface area is 156 Å². The lowest BCUT2D eigenvalue weighted by atomic mass is 9.87. The monoisotopic (exact) mass is 372 g/mol. The molecule has 142 valence electrons. The van der Waals surface area contributed by atoms with E-state index >= 15 is 0 Å². The number of hydrogen-bond donors (Lipinski definition) is 1. The predicted molar refractivity (Wildman–Crippen MR) is 97.0 cm³/mol. The van der Waals surface area contributed by atoms with E-state index in [0.29, 0.717) is 31.6 Å². The summed E-state index contributed by atoms with van der Waals surface area (Å²) in [5.74, 6) is -1.45. The van der Waals surface area contributed by atoms with E-state index < -0.39 is 23.8 Å². The van der Waals surface area contributed by atoms with Crippen molar-refractivity contribution in [3.05, 3.63) is 70.8 Å². The summed E-state index contributed by atoms with van der Waals surface area (Å²) in [6.07, 6.45) is 1.39. The number of benzene rings is 2. The van der Waals surface area contributed by atoms with Gasteiger partial charge in [-0.3, -0.25) is 4.79 Å². The number of carbonyl (C=O) groups excluding carboxylic acids is 1. The highest BCUT2D eigenvalue weighted by Gasteiger charge is 2.38. The van der Waals surface area contributed by atoms with Gasteiger partial charge in [0.15, 0.2) is 0 Å². The van der Waals surface area contributed by atoms with Crippen molar-refractivity contribution >= 4 is 5.91 Å². The second kappa shape index (κ2) is 7.37. The van der Waals surface area contributed by atoms with Crippen molar-refractivity contribution in [2.24, 2.45) is 5.73 Å². The van der Waals surface area contributed by atoms with Crippen LogP contribution in [0, 0.1) is 11.6 Å². The third kappa shape index (κ3) is 3.47. The Morgan fingerprint density at radius 3 is 2.67 bits per heavy atom. The van der Waals surface area contributed by atoms with Crippen LogP contribution in [0.4, 0.5) is 8.78 Å². The Balaban J connectivity index is 1.73. The minimum absolute atomic E-state index is 0.0542. The maximum Gasteiger partial charge on any atom is 0.252 e. The van der Waals surface area contributed by atoms with Gasteiger partial charge in [-0.2, -0.15) is 0 Å². The van der Waals surface area contributed by atoms with Gasteiger partial charge in [0, 0.05) is 24.2 Å². The molecule has 6 heteroatoms. The second-order valence-corrected chi connectivity index (χ2v) is 7.21. The molecule has 2 aliphatic rings. The number of hydrogen-bond acceptors (Lipinski definition) is 3. The summed E-state index contributed by atoms with van der Waals surface area (Å²) in [5, 5.41) is 0. The number of halogens is 2. The second-order valence-electron chi connectivity index (χ2n) is 7.21. The minimum atomic E-state index is -0.652. The topological polar surface area (TPSA) is 55.6 Å². The summed E-state index contributed by atoms with van der Waals surface area (Å²) in [6.45, 7) is 0.805. The van der Waals surface area contributed by atoms with Crippen LogP contribution in [0.3, 0.4) is 0 Å². The first kappa shape index (κ1) is 18.1. The summed E-state index contributed by atoms with van der Waals surface area (Å²) in [5.41, 5.74) is 8.09. The van der Waals surface area contributed by atoms with Gasteiger partial charge in [0.05, 0.1) is 12.6 Å². The van der Waals surface area contributed by atoms with Crippen LogP contribution in [0.2, 0.25) is 0 Å². The normalized spacial score (nSPS) is 25.1. The molecular formula is C21H22F2N2O2. The Morgan fingerprint density at radius 1 is 1.11 bits per heavy atom. The molecule has 0 aliphatic carbocycles. The Kier molecular flexibility index (Phi) is 4.93. The fourth-order valence-electron chi connectivity index (χ4n) is 4.01. The van der Waals surface area contributed by atoms with Gasteiger partial charge in [0.2, 0.25) is 0 Å². The number of nitrogens with two attached hydrogens (primary N) is 1. The summed E-state index contributed by atoms with van der Waals surface area (Å²) in [6, 6.07) is 10.6. The molecule has 0 spiro atoms. The van der Waals surface area contributed by atoms with Crippen LogP contribution in [0.15, 0.2) is 42.5 Å². The van der Waals surface area contributed by atoms with E-state index in [1.165, 1.54) is 12.1 Å². The van der Waals surface area contributed by atoms with Gasteiger partial charge in [-0.15, -0.1) is 0 Å². The zero-order valence-electron chi connectivity index (χ0n) is 14.9. The van der Waals surface area contributed by atoms with Gasteiger partial charge < -0.3 is 15.4 Å². The summed E-state index contributed by atoms with van der Waals surface area (Å²) in [4.78, 5) is 14.9. The lowest BCUT2D eigenvalue weighted by Gasteiger charge is -2.40. The Hall–Kier alpha value is -2.31. The smallest absolute Gasteiger partial charge is 0.252 e. The van der Waals surface area contributed by atoms with Crippen LogP contribution >= 0.6 is 0 Å². The highest BCUT2D eigenvalue weighted by atomic mass is 19.1. The van der Waals surface area contributed by atoms with Crippen molar-refractivity contribution in [1.29, 1.82) is 0 Å². The van der Waals surface area contributed by atoms with Gasteiger partial charge in [-0.05, 0) is 36.5 Å². The number of carbonyl (C=O) groups is 1. The number of amides is 1. The van der Waals surface area contributed by atoms with Gasteiger partial charge in [0.25, 0.3) is 5.91 Å². The lowest BCUT2D eigenvalue weighted by Crippen LogP contribution is -2.49. The van der Waals surface area contributed by atoms with Crippen molar-refractivity contribution in [3.8, 4) is 0 Å². The molecule has 0 bridgehead atoms. The van der Waals surface area contributed by atoms with Crippen LogP contribution in [0.5, 0.6) is 0 Å². The van der Waals surface area contributed by atoms with Crippen molar-refractivity contribution < 1.29 is 18.3 Å². The van der Waals surface area contributed by atoms with E-state index in [4.69, 9.17) is 10.5 Å². The molecule has 4 rings (SSSR count). The van der Waals surface area contributed by atoms with Crippen LogP contribution in [0.1, 0.15) is 35.6 Å². The molecule has 27 heavy (non-hydrogen) atoms. The van der Waals surface area contributed by atoms with Crippen molar-refractivity contribution in [3.63, 3.8) is 0 Å². The molecule has 0 saturated carbocycles. The fourth-order valence-corrected chi connectivity index (χ4v) is 4.01. The van der Waals surface area contributed by atoms with Crippen molar-refractivity contribution in [2.45, 2.75) is 37.5 Å². The van der Waals surface area contributed by atoms with E-state index in [-0.39, 0.29) is 11.9 Å². The highest BCUT2D eigenvalue weighted by Crippen LogP contribution is 2.37. The largest absolute Gasteiger partial charge is 0.367 e. The van der Waals surface area contributed by atoms with Gasteiger partial charge in [-0.1, -0.05) is 30.3 Å². The fraction of sp³-hybridized carbons (Fsp3) is 0.381. The predicted octanol–water partition coefficient (Wildman–Crippen LogP) is 2.95. The average Bonchev–Trinajstić information content (AvgIpc) is 2.67. The van der Waals surface area contributed by atoms with Crippen LogP contribution in [0.25, 0.3) is 0 Å². The number of fused-ring (bicyclic) bond motifs is 1. The first-order valence-electron chi connectivity index (χ1n) is 9.25. The number of rotatable bonds is 2. The van der Waals surface area contributed by atoms with Crippen LogP contribution in [-0.4, -0.2) is 36.1 Å². The molecule has 2 aromatic rings. The highest BCUT2D eigenvalue weighted by molar-refractivity contribution is 5.82. The van der Waals surface area contributed by atoms with Gasteiger partial charge in [0.1, 0.15) is 17.7 Å². The third-order valence-corrected chi connectivity index (χ3v) is 5.41. The standard InChI is InChI=1S/C21H22F2N2O2/c22-14-5-7-17(18(23)11-14)20-16-4-2-1-3-13(16)9-10-25(20)21(26)19-8-6-15(24)12-27-19/h1-5,7,11,15,19-20H,6,8-10,12,24H2/t15-,19+,20+/m0/s1. The summed E-state index contributed by atoms with van der Waals surface area (Å²) < 4.78 is 33.7. The minimum Gasteiger partial charge on any atom is -0.367 e. The molecule has 4 nitrogen and oxygen atoms in total. The molecule has 0 aromatic heterocycles. The van der Waals surface area contributed by atoms with E-state index in [0.717, 1.165) is 23.6 Å². The number of nitrogens with zero attached hydrogens (tertiary/aromatic N) is 1. The maximum absolute atomic E-state index is 14.6. The van der Waals surface area contributed by atoms with E-state index in [1.807, 2.05) is 24.3 Å². The van der Waals surface area contributed by atoms with Crippen LogP contribution < -0.4 is 5.73 Å². The third-order valence-electron chi connectivity index (χ3n) is 5.41. The quantitative estimate of drug-likeness (QED) is 0.882. The molecule has 1 fully saturated rings. The first-order chi connectivity index (χ1) is 13.0. The lowest BCUT2D eigenvalue weighted by molar-refractivity contribution is -0.149. The Bertz CT molecular complexity index is 850. The molecule has 0 radical (unpaired) electrons. The van der Waals surface area contributed by atoms with E-state index in [9.17, 15) is 13.6 Å².